The van der Waals surface area contributed by atoms with Crippen LogP contribution in [0.1, 0.15) is 41.0 Å². The summed E-state index contributed by atoms with van der Waals surface area (Å²) in [5.41, 5.74) is 1.24. The van der Waals surface area contributed by atoms with Crippen molar-refractivity contribution >= 4 is 6.72 Å². The molecule has 0 aromatic heterocycles. The lowest BCUT2D eigenvalue weighted by Gasteiger charge is -2.21. The predicted octanol–water partition coefficient (Wildman–Crippen LogP) is 3.51. The van der Waals surface area contributed by atoms with E-state index in [9.17, 15) is 0 Å². The van der Waals surface area contributed by atoms with Crippen molar-refractivity contribution in [3.05, 3.63) is 11.8 Å². The second kappa shape index (κ2) is 9.30. The van der Waals surface area contributed by atoms with Crippen LogP contribution in [-0.2, 0) is 0 Å². The highest BCUT2D eigenvalue weighted by Gasteiger charge is 2.08. The second-order valence-electron chi connectivity index (χ2n) is 2.69. The molecule has 0 aromatic rings. The first-order valence-corrected chi connectivity index (χ1v) is 5.03. The quantitative estimate of drug-likeness (QED) is 0.482. The molecule has 0 radical (unpaired) electrons. The van der Waals surface area contributed by atoms with Gasteiger partial charge in [-0.05, 0) is 19.3 Å². The van der Waals surface area contributed by atoms with E-state index in [1.165, 1.54) is 5.70 Å². The van der Waals surface area contributed by atoms with Gasteiger partial charge in [-0.1, -0.05) is 33.8 Å². The van der Waals surface area contributed by atoms with Gasteiger partial charge < -0.3 is 0 Å². The molecule has 2 heteroatoms. The van der Waals surface area contributed by atoms with Crippen LogP contribution in [0.15, 0.2) is 16.9 Å². The third kappa shape index (κ3) is 5.45. The van der Waals surface area contributed by atoms with Gasteiger partial charge in [0.1, 0.15) is 0 Å². The Labute approximate surface area is 83.3 Å². The standard InChI is InChI=1S/C9H18N2.C2H6/c1-6-8(3)9(7-2)11(5)10-4;1-2/h7-8H,4,6H2,1-3,5H3;1-2H3/b9-7-;. The first-order valence-electron chi connectivity index (χ1n) is 5.03. The van der Waals surface area contributed by atoms with Gasteiger partial charge >= 0.3 is 0 Å². The van der Waals surface area contributed by atoms with Crippen molar-refractivity contribution in [3.8, 4) is 0 Å². The summed E-state index contributed by atoms with van der Waals surface area (Å²) in [6.45, 7) is 13.9. The minimum atomic E-state index is 0.565. The summed E-state index contributed by atoms with van der Waals surface area (Å²) in [7, 11) is 1.93. The van der Waals surface area contributed by atoms with Gasteiger partial charge in [0.2, 0.25) is 0 Å². The van der Waals surface area contributed by atoms with Crippen molar-refractivity contribution in [2.24, 2.45) is 11.0 Å². The summed E-state index contributed by atoms with van der Waals surface area (Å²) in [4.78, 5) is 0. The lowest BCUT2D eigenvalue weighted by atomic mass is 10.0. The van der Waals surface area contributed by atoms with Crippen LogP contribution < -0.4 is 0 Å². The van der Waals surface area contributed by atoms with Crippen molar-refractivity contribution in [2.75, 3.05) is 7.05 Å². The highest BCUT2D eigenvalue weighted by atomic mass is 15.4. The van der Waals surface area contributed by atoms with Gasteiger partial charge in [-0.15, -0.1) is 0 Å². The maximum atomic E-state index is 3.84. The highest BCUT2D eigenvalue weighted by Crippen LogP contribution is 2.16. The van der Waals surface area contributed by atoms with E-state index >= 15 is 0 Å². The predicted molar refractivity (Wildman–Crippen MR) is 61.9 cm³/mol. The smallest absolute Gasteiger partial charge is 0.0349 e. The van der Waals surface area contributed by atoms with Gasteiger partial charge in [-0.25, -0.2) is 0 Å². The maximum absolute atomic E-state index is 3.84. The number of rotatable bonds is 4. The Balaban J connectivity index is 0. The van der Waals surface area contributed by atoms with E-state index < -0.39 is 0 Å². The minimum absolute atomic E-state index is 0.565. The van der Waals surface area contributed by atoms with Gasteiger partial charge in [0.15, 0.2) is 0 Å². The zero-order valence-electron chi connectivity index (χ0n) is 9.96. The molecule has 2 nitrogen and oxygen atoms in total. The van der Waals surface area contributed by atoms with Crippen molar-refractivity contribution < 1.29 is 0 Å². The van der Waals surface area contributed by atoms with Crippen molar-refractivity contribution in [3.63, 3.8) is 0 Å². The van der Waals surface area contributed by atoms with E-state index in [0.717, 1.165) is 6.42 Å². The second-order valence-corrected chi connectivity index (χ2v) is 2.69. The topological polar surface area (TPSA) is 15.6 Å². The SMILES string of the molecule is C=NN(C)/C(=C\C)C(C)CC.CC. The molecule has 0 amide bonds. The van der Waals surface area contributed by atoms with E-state index in [-0.39, 0.29) is 0 Å². The molecular weight excluding hydrogens is 160 g/mol. The fourth-order valence-corrected chi connectivity index (χ4v) is 1.08. The molecule has 0 rings (SSSR count). The molecule has 0 saturated heterocycles. The van der Waals surface area contributed by atoms with Gasteiger partial charge in [0, 0.05) is 19.5 Å². The van der Waals surface area contributed by atoms with Crippen molar-refractivity contribution in [1.82, 2.24) is 5.01 Å². The molecular formula is C11H24N2. The largest absolute Gasteiger partial charge is 0.273 e. The zero-order valence-corrected chi connectivity index (χ0v) is 9.96. The van der Waals surface area contributed by atoms with Gasteiger partial charge in [0.05, 0.1) is 0 Å². The highest BCUT2D eigenvalue weighted by molar-refractivity contribution is 5.23. The number of hydrogen-bond acceptors (Lipinski definition) is 2. The molecule has 0 saturated carbocycles. The summed E-state index contributed by atoms with van der Waals surface area (Å²) in [5, 5.41) is 5.67. The molecule has 0 N–H and O–H groups in total. The average Bonchev–Trinajstić information content (AvgIpc) is 2.21. The Morgan fingerprint density at radius 3 is 2.23 bits per heavy atom. The van der Waals surface area contributed by atoms with Crippen molar-refractivity contribution in [2.45, 2.75) is 41.0 Å². The van der Waals surface area contributed by atoms with E-state index in [1.54, 1.807) is 0 Å². The lowest BCUT2D eigenvalue weighted by molar-refractivity contribution is 0.382. The first-order chi connectivity index (χ1) is 6.17. The molecule has 0 heterocycles. The Hall–Kier alpha value is -0.790. The molecule has 0 aliphatic carbocycles. The van der Waals surface area contributed by atoms with Gasteiger partial charge in [-0.2, -0.15) is 5.10 Å². The van der Waals surface area contributed by atoms with Crippen LogP contribution in [0.5, 0.6) is 0 Å². The van der Waals surface area contributed by atoms with Crippen LogP contribution in [-0.4, -0.2) is 18.8 Å². The molecule has 0 spiro atoms. The number of nitrogens with zero attached hydrogens (tertiary/aromatic N) is 2. The van der Waals surface area contributed by atoms with Crippen LogP contribution in [0.2, 0.25) is 0 Å². The van der Waals surface area contributed by atoms with Crippen LogP contribution in [0.25, 0.3) is 0 Å². The molecule has 78 valence electrons. The zero-order chi connectivity index (χ0) is 10.9. The molecule has 0 aliphatic heterocycles. The molecule has 0 aliphatic rings. The van der Waals surface area contributed by atoms with Crippen LogP contribution in [0.4, 0.5) is 0 Å². The Kier molecular flexibility index (Phi) is 10.5. The average molecular weight is 184 g/mol. The van der Waals surface area contributed by atoms with E-state index in [4.69, 9.17) is 0 Å². The van der Waals surface area contributed by atoms with Gasteiger partial charge in [0.25, 0.3) is 0 Å². The molecule has 0 aromatic carbocycles. The molecule has 1 unspecified atom stereocenters. The Morgan fingerprint density at radius 2 is 2.00 bits per heavy atom. The van der Waals surface area contributed by atoms with Crippen LogP contribution >= 0.6 is 0 Å². The normalized spacial score (nSPS) is 12.6. The first kappa shape index (κ1) is 14.7. The number of allylic oxidation sites excluding steroid dienone is 2. The van der Waals surface area contributed by atoms with E-state index in [0.29, 0.717) is 5.92 Å². The van der Waals surface area contributed by atoms with Gasteiger partial charge in [-0.3, -0.25) is 5.01 Å². The van der Waals surface area contributed by atoms with Crippen LogP contribution in [0.3, 0.4) is 0 Å². The molecule has 0 bridgehead atoms. The number of hydrazone groups is 1. The molecule has 1 atom stereocenters. The van der Waals surface area contributed by atoms with Crippen LogP contribution in [0, 0.1) is 5.92 Å². The maximum Gasteiger partial charge on any atom is 0.0349 e. The summed E-state index contributed by atoms with van der Waals surface area (Å²) in [6.07, 6.45) is 3.22. The third-order valence-electron chi connectivity index (χ3n) is 2.00. The Bertz CT molecular complexity index is 150. The summed E-state index contributed by atoms with van der Waals surface area (Å²) in [5.74, 6) is 0.565. The fourth-order valence-electron chi connectivity index (χ4n) is 1.08. The number of hydrogen-bond donors (Lipinski definition) is 0. The summed E-state index contributed by atoms with van der Waals surface area (Å²) < 4.78 is 0. The minimum Gasteiger partial charge on any atom is -0.273 e. The van der Waals surface area contributed by atoms with Crippen molar-refractivity contribution in [1.29, 1.82) is 0 Å². The summed E-state index contributed by atoms with van der Waals surface area (Å²) in [6, 6.07) is 0. The van der Waals surface area contributed by atoms with E-state index in [2.05, 4.69) is 31.7 Å². The fraction of sp³-hybridized carbons (Fsp3) is 0.727. The third-order valence-corrected chi connectivity index (χ3v) is 2.00. The summed E-state index contributed by atoms with van der Waals surface area (Å²) >= 11 is 0. The monoisotopic (exact) mass is 184 g/mol. The Morgan fingerprint density at radius 1 is 1.54 bits per heavy atom. The molecule has 13 heavy (non-hydrogen) atoms. The molecule has 0 fully saturated rings. The van der Waals surface area contributed by atoms with E-state index in [1.807, 2.05) is 32.8 Å². The lowest BCUT2D eigenvalue weighted by Crippen LogP contribution is -2.15.